The number of fused-ring (bicyclic) bond motifs is 6. The molecule has 0 amide bonds. The normalized spacial score (nSPS) is 11.9. The summed E-state index contributed by atoms with van der Waals surface area (Å²) < 4.78 is 4.64. The average molecular weight is 788 g/mol. The van der Waals surface area contributed by atoms with Crippen LogP contribution in [0.1, 0.15) is 43.4 Å². The lowest BCUT2D eigenvalue weighted by molar-refractivity contribution is 0.926. The highest BCUT2D eigenvalue weighted by Crippen LogP contribution is 2.44. The van der Waals surface area contributed by atoms with Crippen LogP contribution in [0.4, 0.5) is 0 Å². The molecule has 294 valence electrons. The minimum atomic E-state index is 0.0912. The smallest absolute Gasteiger partial charge is 0.238 e. The number of hydrogen-bond donors (Lipinski definition) is 0. The van der Waals surface area contributed by atoms with Gasteiger partial charge in [-0.1, -0.05) is 178 Å². The van der Waals surface area contributed by atoms with Crippen molar-refractivity contribution in [3.05, 3.63) is 211 Å². The van der Waals surface area contributed by atoms with Gasteiger partial charge in [-0.3, -0.25) is 4.57 Å². The summed E-state index contributed by atoms with van der Waals surface area (Å²) >= 11 is 0. The first kappa shape index (κ1) is 37.6. The molecule has 0 saturated heterocycles. The first-order valence-corrected chi connectivity index (χ1v) is 21.2. The number of para-hydroxylation sites is 3. The maximum absolute atomic E-state index is 5.26. The highest BCUT2D eigenvalue weighted by molar-refractivity contribution is 6.14. The molecule has 0 aliphatic rings. The van der Waals surface area contributed by atoms with Crippen molar-refractivity contribution in [2.45, 2.75) is 33.6 Å². The second kappa shape index (κ2) is 15.9. The van der Waals surface area contributed by atoms with Gasteiger partial charge < -0.3 is 4.57 Å². The molecule has 0 aliphatic heterocycles. The van der Waals surface area contributed by atoms with Crippen molar-refractivity contribution in [1.82, 2.24) is 24.1 Å². The summed E-state index contributed by atoms with van der Waals surface area (Å²) in [6.07, 6.45) is 0. The van der Waals surface area contributed by atoms with Gasteiger partial charge in [0.25, 0.3) is 0 Å². The molecule has 1 atom stereocenters. The van der Waals surface area contributed by atoms with Crippen LogP contribution in [0.15, 0.2) is 194 Å². The Morgan fingerprint density at radius 3 is 1.62 bits per heavy atom. The molecule has 11 aromatic rings. The molecule has 0 N–H and O–H groups in total. The van der Waals surface area contributed by atoms with E-state index in [1.807, 2.05) is 50.2 Å². The Balaban J connectivity index is 0.00000220. The van der Waals surface area contributed by atoms with Crippen LogP contribution in [-0.2, 0) is 0 Å². The predicted octanol–water partition coefficient (Wildman–Crippen LogP) is 14.6. The van der Waals surface area contributed by atoms with Crippen LogP contribution in [0.3, 0.4) is 0 Å². The van der Waals surface area contributed by atoms with Crippen molar-refractivity contribution < 1.29 is 0 Å². The van der Waals surface area contributed by atoms with Gasteiger partial charge in [0.2, 0.25) is 5.95 Å². The predicted molar refractivity (Wildman–Crippen MR) is 255 cm³/mol. The van der Waals surface area contributed by atoms with Gasteiger partial charge in [-0.05, 0) is 65.6 Å². The number of rotatable bonds is 7. The fourth-order valence-corrected chi connectivity index (χ4v) is 9.00. The molecule has 0 aliphatic carbocycles. The minimum absolute atomic E-state index is 0.0912. The zero-order chi connectivity index (χ0) is 41.5. The highest BCUT2D eigenvalue weighted by atomic mass is 15.2. The van der Waals surface area contributed by atoms with Crippen molar-refractivity contribution in [3.63, 3.8) is 0 Å². The largest absolute Gasteiger partial charge is 0.309 e. The SMILES string of the molecule is CC.Cc1ccc2c3ccccc3n(-c3nc(-c4ccccc4)nc(-c4ccccc4)n3)c2c1-c1ccccc1C(C)c1ccc2c(c1)c1ccccc1n2-c1ccccc1. The molecule has 8 aromatic carbocycles. The van der Waals surface area contributed by atoms with Gasteiger partial charge in [0.1, 0.15) is 0 Å². The average Bonchev–Trinajstić information content (AvgIpc) is 3.85. The summed E-state index contributed by atoms with van der Waals surface area (Å²) in [7, 11) is 0. The molecule has 61 heavy (non-hydrogen) atoms. The fraction of sp³-hybridized carbons (Fsp3) is 0.0893. The number of hydrogen-bond acceptors (Lipinski definition) is 3. The van der Waals surface area contributed by atoms with Crippen LogP contribution in [0.5, 0.6) is 0 Å². The number of aryl methyl sites for hydroxylation is 1. The van der Waals surface area contributed by atoms with Crippen LogP contribution in [0.25, 0.3) is 89.2 Å². The minimum Gasteiger partial charge on any atom is -0.309 e. The molecule has 3 heterocycles. The van der Waals surface area contributed by atoms with E-state index in [2.05, 4.69) is 181 Å². The molecule has 0 bridgehead atoms. The Morgan fingerprint density at radius 1 is 0.443 bits per heavy atom. The second-order valence-corrected chi connectivity index (χ2v) is 15.3. The Morgan fingerprint density at radius 2 is 0.967 bits per heavy atom. The van der Waals surface area contributed by atoms with E-state index in [4.69, 9.17) is 15.0 Å². The molecule has 5 heteroatoms. The quantitative estimate of drug-likeness (QED) is 0.162. The fourth-order valence-electron chi connectivity index (χ4n) is 9.00. The Bertz CT molecular complexity index is 3290. The van der Waals surface area contributed by atoms with Gasteiger partial charge in [-0.25, -0.2) is 4.98 Å². The lowest BCUT2D eigenvalue weighted by Crippen LogP contribution is -2.07. The van der Waals surface area contributed by atoms with E-state index >= 15 is 0 Å². The Hall–Kier alpha value is -7.63. The molecule has 0 fully saturated rings. The van der Waals surface area contributed by atoms with Crippen molar-refractivity contribution in [2.75, 3.05) is 0 Å². The highest BCUT2D eigenvalue weighted by Gasteiger charge is 2.24. The molecular formula is C56H45N5. The number of nitrogens with zero attached hydrogens (tertiary/aromatic N) is 5. The standard InChI is InChI=1S/C54H39N5.C2H6/c1-35-30-32-45-42-25-14-17-29-48(42)59(54-56-52(37-18-6-3-7-19-37)55-53(57-54)38-20-8-4-9-21-38)51(45)50(35)44-27-13-12-24-41(44)36(2)39-31-33-49-46(34-39)43-26-15-16-28-47(43)58(49)40-22-10-5-11-23-40;1-2/h3-34,36H,1-2H3;1-2H3. The molecule has 0 radical (unpaired) electrons. The van der Waals surface area contributed by atoms with Crippen LogP contribution < -0.4 is 0 Å². The van der Waals surface area contributed by atoms with E-state index in [0.717, 1.165) is 38.6 Å². The van der Waals surface area contributed by atoms with Gasteiger partial charge in [-0.2, -0.15) is 9.97 Å². The van der Waals surface area contributed by atoms with Crippen LogP contribution in [0, 0.1) is 6.92 Å². The van der Waals surface area contributed by atoms with Crippen LogP contribution in [-0.4, -0.2) is 24.1 Å². The van der Waals surface area contributed by atoms with Crippen LogP contribution in [0.2, 0.25) is 0 Å². The zero-order valence-electron chi connectivity index (χ0n) is 34.8. The van der Waals surface area contributed by atoms with E-state index < -0.39 is 0 Å². The summed E-state index contributed by atoms with van der Waals surface area (Å²) in [4.78, 5) is 15.6. The van der Waals surface area contributed by atoms with E-state index in [1.165, 1.54) is 49.6 Å². The molecule has 0 spiro atoms. The van der Waals surface area contributed by atoms with Crippen molar-refractivity contribution >= 4 is 43.6 Å². The summed E-state index contributed by atoms with van der Waals surface area (Å²) in [5.41, 5.74) is 13.7. The maximum atomic E-state index is 5.26. The first-order valence-electron chi connectivity index (χ1n) is 21.2. The van der Waals surface area contributed by atoms with Gasteiger partial charge >= 0.3 is 0 Å². The zero-order valence-corrected chi connectivity index (χ0v) is 34.8. The second-order valence-electron chi connectivity index (χ2n) is 15.3. The maximum Gasteiger partial charge on any atom is 0.238 e. The van der Waals surface area contributed by atoms with Gasteiger partial charge in [0.05, 0.1) is 22.1 Å². The van der Waals surface area contributed by atoms with Crippen molar-refractivity contribution in [1.29, 1.82) is 0 Å². The number of aromatic nitrogens is 5. The molecule has 11 rings (SSSR count). The summed E-state index contributed by atoms with van der Waals surface area (Å²) in [5.74, 6) is 1.94. The lowest BCUT2D eigenvalue weighted by Gasteiger charge is -2.20. The monoisotopic (exact) mass is 787 g/mol. The van der Waals surface area contributed by atoms with Crippen molar-refractivity contribution in [3.8, 4) is 45.5 Å². The first-order chi connectivity index (χ1) is 30.1. The summed E-state index contributed by atoms with van der Waals surface area (Å²) in [6, 6.07) is 68.8. The van der Waals surface area contributed by atoms with Crippen molar-refractivity contribution in [2.24, 2.45) is 0 Å². The molecular weight excluding hydrogens is 743 g/mol. The third-order valence-corrected chi connectivity index (χ3v) is 11.8. The molecule has 0 saturated carbocycles. The van der Waals surface area contributed by atoms with Crippen LogP contribution >= 0.6 is 0 Å². The third kappa shape index (κ3) is 6.46. The van der Waals surface area contributed by atoms with Gasteiger partial charge in [0.15, 0.2) is 11.6 Å². The molecule has 5 nitrogen and oxygen atoms in total. The number of benzene rings is 8. The van der Waals surface area contributed by atoms with Gasteiger partial charge in [0, 0.05) is 49.8 Å². The molecule has 3 aromatic heterocycles. The summed E-state index contributed by atoms with van der Waals surface area (Å²) in [6.45, 7) is 8.56. The van der Waals surface area contributed by atoms with E-state index in [1.54, 1.807) is 0 Å². The lowest BCUT2D eigenvalue weighted by atomic mass is 9.85. The van der Waals surface area contributed by atoms with E-state index in [-0.39, 0.29) is 5.92 Å². The Kier molecular flexibility index (Phi) is 9.78. The van der Waals surface area contributed by atoms with E-state index in [9.17, 15) is 0 Å². The topological polar surface area (TPSA) is 48.5 Å². The van der Waals surface area contributed by atoms with E-state index in [0.29, 0.717) is 17.6 Å². The Labute approximate surface area is 356 Å². The third-order valence-electron chi connectivity index (χ3n) is 11.8. The molecule has 1 unspecified atom stereocenters. The summed E-state index contributed by atoms with van der Waals surface area (Å²) in [5, 5.41) is 4.81. The van der Waals surface area contributed by atoms with Gasteiger partial charge in [-0.15, -0.1) is 0 Å².